The third-order valence-corrected chi connectivity index (χ3v) is 3.21. The Morgan fingerprint density at radius 3 is 2.29 bits per heavy atom. The Balaban J connectivity index is 0.00000106. The van der Waals surface area contributed by atoms with E-state index in [1.807, 2.05) is 31.2 Å². The van der Waals surface area contributed by atoms with E-state index < -0.39 is 0 Å². The van der Waals surface area contributed by atoms with Gasteiger partial charge in [0.25, 0.3) is 0 Å². The van der Waals surface area contributed by atoms with Gasteiger partial charge in [-0.3, -0.25) is 0 Å². The van der Waals surface area contributed by atoms with Crippen LogP contribution in [0.15, 0.2) is 80.4 Å². The zero-order chi connectivity index (χ0) is 15.7. The van der Waals surface area contributed by atoms with Crippen LogP contribution in [0.4, 0.5) is 5.69 Å². The Morgan fingerprint density at radius 2 is 1.71 bits per heavy atom. The van der Waals surface area contributed by atoms with E-state index in [4.69, 9.17) is 5.73 Å². The Bertz CT molecular complexity index is 609. The minimum absolute atomic E-state index is 0.796. The van der Waals surface area contributed by atoms with E-state index in [2.05, 4.69) is 56.1 Å². The minimum atomic E-state index is 0.796. The first-order valence-electron chi connectivity index (χ1n) is 6.96. The second-order valence-electron chi connectivity index (χ2n) is 4.53. The lowest BCUT2D eigenvalue weighted by Gasteiger charge is -2.10. The van der Waals surface area contributed by atoms with Gasteiger partial charge in [-0.05, 0) is 42.2 Å². The van der Waals surface area contributed by atoms with Crippen LogP contribution < -0.4 is 5.73 Å². The van der Waals surface area contributed by atoms with E-state index in [9.17, 15) is 0 Å². The van der Waals surface area contributed by atoms with Gasteiger partial charge in [0.15, 0.2) is 0 Å². The smallest absolute Gasteiger partial charge is 0.0393 e. The molecule has 1 heteroatoms. The molecule has 0 atom stereocenters. The van der Waals surface area contributed by atoms with Gasteiger partial charge in [-0.15, -0.1) is 13.2 Å². The van der Waals surface area contributed by atoms with Crippen molar-refractivity contribution in [2.75, 3.05) is 5.73 Å². The molecule has 0 aliphatic carbocycles. The third kappa shape index (κ3) is 4.50. The quantitative estimate of drug-likeness (QED) is 0.461. The highest BCUT2D eigenvalue weighted by atomic mass is 14.6. The summed E-state index contributed by atoms with van der Waals surface area (Å²) in [5.41, 5.74) is 11.5. The van der Waals surface area contributed by atoms with Gasteiger partial charge in [-0.25, -0.2) is 0 Å². The Hall–Kier alpha value is -2.54. The van der Waals surface area contributed by atoms with Gasteiger partial charge in [-0.1, -0.05) is 55.1 Å². The summed E-state index contributed by atoms with van der Waals surface area (Å²) in [4.78, 5) is 0. The van der Waals surface area contributed by atoms with E-state index >= 15 is 0 Å². The molecule has 0 spiro atoms. The molecular formula is C20H23N. The van der Waals surface area contributed by atoms with E-state index in [0.717, 1.165) is 23.2 Å². The largest absolute Gasteiger partial charge is 0.398 e. The maximum Gasteiger partial charge on any atom is 0.0393 e. The first kappa shape index (κ1) is 16.5. The summed E-state index contributed by atoms with van der Waals surface area (Å²) in [6, 6.07) is 16.7. The minimum Gasteiger partial charge on any atom is -0.398 e. The maximum absolute atomic E-state index is 6.05. The fourth-order valence-corrected chi connectivity index (χ4v) is 2.18. The number of anilines is 1. The van der Waals surface area contributed by atoms with Crippen molar-refractivity contribution >= 4 is 11.3 Å². The molecule has 0 aliphatic rings. The van der Waals surface area contributed by atoms with Gasteiger partial charge in [0.05, 0.1) is 0 Å². The van der Waals surface area contributed by atoms with Crippen molar-refractivity contribution in [2.45, 2.75) is 13.3 Å². The molecule has 2 N–H and O–H groups in total. The molecule has 108 valence electrons. The number of hydrogen-bond acceptors (Lipinski definition) is 1. The monoisotopic (exact) mass is 277 g/mol. The molecule has 21 heavy (non-hydrogen) atoms. The average Bonchev–Trinajstić information content (AvgIpc) is 2.54. The molecule has 0 aliphatic heterocycles. The molecule has 0 saturated carbocycles. The van der Waals surface area contributed by atoms with Crippen molar-refractivity contribution in [3.05, 3.63) is 97.1 Å². The summed E-state index contributed by atoms with van der Waals surface area (Å²) in [7, 11) is 0. The highest BCUT2D eigenvalue weighted by molar-refractivity contribution is 5.81. The summed E-state index contributed by atoms with van der Waals surface area (Å²) in [6.45, 7) is 11.8. The Morgan fingerprint density at radius 1 is 1.05 bits per heavy atom. The van der Waals surface area contributed by atoms with Crippen LogP contribution in [0.3, 0.4) is 0 Å². The fraction of sp³-hybridized carbons (Fsp3) is 0.100. The lowest BCUT2D eigenvalue weighted by Crippen LogP contribution is -1.96. The molecule has 0 amide bonds. The van der Waals surface area contributed by atoms with Crippen LogP contribution >= 0.6 is 0 Å². The van der Waals surface area contributed by atoms with Crippen LogP contribution in [0.25, 0.3) is 5.57 Å². The van der Waals surface area contributed by atoms with Crippen LogP contribution in [-0.4, -0.2) is 0 Å². The molecule has 0 radical (unpaired) electrons. The van der Waals surface area contributed by atoms with Crippen LogP contribution in [0.5, 0.6) is 0 Å². The molecule has 0 bridgehead atoms. The summed E-state index contributed by atoms with van der Waals surface area (Å²) in [5, 5.41) is 0. The number of allylic oxidation sites excluding steroid dienone is 3. The number of nitrogen functional groups attached to an aromatic ring is 1. The predicted octanol–water partition coefficient (Wildman–Crippen LogP) is 5.25. The van der Waals surface area contributed by atoms with Gasteiger partial charge in [0.1, 0.15) is 0 Å². The molecular weight excluding hydrogens is 254 g/mol. The van der Waals surface area contributed by atoms with Gasteiger partial charge in [-0.2, -0.15) is 0 Å². The highest BCUT2D eigenvalue weighted by Crippen LogP contribution is 2.24. The molecule has 2 aromatic carbocycles. The molecule has 1 nitrogen and oxygen atoms in total. The molecule has 0 unspecified atom stereocenters. The number of rotatable bonds is 4. The van der Waals surface area contributed by atoms with Crippen molar-refractivity contribution in [1.29, 1.82) is 0 Å². The second-order valence-corrected chi connectivity index (χ2v) is 4.53. The van der Waals surface area contributed by atoms with E-state index in [1.54, 1.807) is 0 Å². The number of nitrogens with two attached hydrogens (primary N) is 1. The summed E-state index contributed by atoms with van der Waals surface area (Å²) in [5.74, 6) is 0. The highest BCUT2D eigenvalue weighted by Gasteiger charge is 2.04. The molecule has 2 rings (SSSR count). The maximum atomic E-state index is 6.05. The molecule has 0 heterocycles. The summed E-state index contributed by atoms with van der Waals surface area (Å²) < 4.78 is 0. The van der Waals surface area contributed by atoms with Gasteiger partial charge in [0, 0.05) is 11.3 Å². The van der Waals surface area contributed by atoms with Crippen LogP contribution in [0.2, 0.25) is 0 Å². The van der Waals surface area contributed by atoms with Crippen molar-refractivity contribution in [3.8, 4) is 0 Å². The topological polar surface area (TPSA) is 26.0 Å². The van der Waals surface area contributed by atoms with Crippen molar-refractivity contribution in [3.63, 3.8) is 0 Å². The lowest BCUT2D eigenvalue weighted by molar-refractivity contribution is 1.19. The normalized spacial score (nSPS) is 10.4. The van der Waals surface area contributed by atoms with Crippen LogP contribution in [0, 0.1) is 0 Å². The molecule has 2 aromatic rings. The molecule has 0 saturated heterocycles. The Labute approximate surface area is 128 Å². The number of hydrogen-bond donors (Lipinski definition) is 1. The summed E-state index contributed by atoms with van der Waals surface area (Å²) >= 11 is 0. The standard InChI is InChI=1S/C18H19N.C2H4/c1-3-16(4-2)17-13-15(10-11-18(17)19)12-14-8-6-5-7-9-14;1-2/h3-11,13H,1,12,19H2,2H3;1-2H2/b16-4+;. The van der Waals surface area contributed by atoms with E-state index in [0.29, 0.717) is 0 Å². The second kappa shape index (κ2) is 8.60. The summed E-state index contributed by atoms with van der Waals surface area (Å²) in [6.07, 6.45) is 4.80. The zero-order valence-corrected chi connectivity index (χ0v) is 12.7. The van der Waals surface area contributed by atoms with Gasteiger partial charge in [0.2, 0.25) is 0 Å². The van der Waals surface area contributed by atoms with Crippen LogP contribution in [0.1, 0.15) is 23.6 Å². The van der Waals surface area contributed by atoms with Gasteiger partial charge < -0.3 is 5.73 Å². The fourth-order valence-electron chi connectivity index (χ4n) is 2.18. The molecule has 0 aromatic heterocycles. The zero-order valence-electron chi connectivity index (χ0n) is 12.7. The lowest BCUT2D eigenvalue weighted by atomic mass is 9.97. The Kier molecular flexibility index (Phi) is 6.76. The van der Waals surface area contributed by atoms with Crippen molar-refractivity contribution < 1.29 is 0 Å². The van der Waals surface area contributed by atoms with E-state index in [-0.39, 0.29) is 0 Å². The van der Waals surface area contributed by atoms with Crippen molar-refractivity contribution in [2.24, 2.45) is 0 Å². The first-order chi connectivity index (χ1) is 10.2. The van der Waals surface area contributed by atoms with Crippen LogP contribution in [-0.2, 0) is 6.42 Å². The number of benzene rings is 2. The van der Waals surface area contributed by atoms with E-state index in [1.165, 1.54) is 11.1 Å². The average molecular weight is 277 g/mol. The van der Waals surface area contributed by atoms with Crippen molar-refractivity contribution in [1.82, 2.24) is 0 Å². The SMILES string of the molecule is C=C.C=C/C(=C\C)c1cc(Cc2ccccc2)ccc1N. The predicted molar refractivity (Wildman–Crippen MR) is 95.2 cm³/mol. The third-order valence-electron chi connectivity index (χ3n) is 3.21. The molecule has 0 fully saturated rings. The van der Waals surface area contributed by atoms with Gasteiger partial charge >= 0.3 is 0 Å². The first-order valence-corrected chi connectivity index (χ1v) is 6.96.